The molecule has 3 aliphatic heterocycles. The van der Waals surface area contributed by atoms with Crippen LogP contribution in [0.25, 0.3) is 0 Å². The van der Waals surface area contributed by atoms with Crippen LogP contribution in [0.15, 0.2) is 18.2 Å². The minimum atomic E-state index is -0.0843. The van der Waals surface area contributed by atoms with Gasteiger partial charge in [0.15, 0.2) is 0 Å². The van der Waals surface area contributed by atoms with Crippen molar-refractivity contribution in [2.75, 3.05) is 37.6 Å². The summed E-state index contributed by atoms with van der Waals surface area (Å²) in [5, 5.41) is 6.19. The van der Waals surface area contributed by atoms with E-state index in [0.29, 0.717) is 30.6 Å². The van der Waals surface area contributed by atoms with Crippen molar-refractivity contribution in [3.63, 3.8) is 0 Å². The summed E-state index contributed by atoms with van der Waals surface area (Å²) in [6, 6.07) is 5.93. The smallest absolute Gasteiger partial charge is 0.322 e. The number of urea groups is 1. The van der Waals surface area contributed by atoms with Crippen molar-refractivity contribution in [2.24, 2.45) is 5.92 Å². The molecule has 0 radical (unpaired) electrons. The zero-order chi connectivity index (χ0) is 16.0. The molecule has 1 aromatic rings. The van der Waals surface area contributed by atoms with Gasteiger partial charge in [-0.15, -0.1) is 12.4 Å². The fourth-order valence-corrected chi connectivity index (χ4v) is 4.00. The van der Waals surface area contributed by atoms with E-state index in [1.165, 1.54) is 0 Å². The molecular weight excluding hydrogens is 328 g/mol. The summed E-state index contributed by atoms with van der Waals surface area (Å²) in [5.41, 5.74) is 2.53. The maximum absolute atomic E-state index is 12.9. The van der Waals surface area contributed by atoms with Gasteiger partial charge < -0.3 is 15.5 Å². The normalized spacial score (nSPS) is 25.5. The summed E-state index contributed by atoms with van der Waals surface area (Å²) in [6.45, 7) is 6.02. The highest BCUT2D eigenvalue weighted by molar-refractivity contribution is 5.99. The first kappa shape index (κ1) is 17.0. The number of rotatable bonds is 2. The Morgan fingerprint density at radius 1 is 1.25 bits per heavy atom. The molecule has 0 aliphatic carbocycles. The van der Waals surface area contributed by atoms with Crippen LogP contribution in [0.3, 0.4) is 0 Å². The SMILES string of the molecule is Cc1ccc(C(=O)N2CC[C@H]3CNC[C@H]32)cc1N1CCNC1=O.Cl. The number of hydrogen-bond acceptors (Lipinski definition) is 3. The van der Waals surface area contributed by atoms with E-state index in [2.05, 4.69) is 10.6 Å². The maximum atomic E-state index is 12.9. The van der Waals surface area contributed by atoms with Gasteiger partial charge in [-0.25, -0.2) is 4.79 Å². The molecule has 3 aliphatic rings. The van der Waals surface area contributed by atoms with Crippen LogP contribution < -0.4 is 15.5 Å². The molecule has 24 heavy (non-hydrogen) atoms. The van der Waals surface area contributed by atoms with Crippen LogP contribution in [0.2, 0.25) is 0 Å². The van der Waals surface area contributed by atoms with Gasteiger partial charge >= 0.3 is 6.03 Å². The second-order valence-electron chi connectivity index (χ2n) is 6.66. The Morgan fingerprint density at radius 3 is 2.83 bits per heavy atom. The van der Waals surface area contributed by atoms with Crippen LogP contribution in [0.5, 0.6) is 0 Å². The van der Waals surface area contributed by atoms with E-state index >= 15 is 0 Å². The predicted octanol–water partition coefficient (Wildman–Crippen LogP) is 1.38. The number of benzene rings is 1. The number of nitrogens with zero attached hydrogens (tertiary/aromatic N) is 2. The summed E-state index contributed by atoms with van der Waals surface area (Å²) in [6.07, 6.45) is 1.08. The number of nitrogens with one attached hydrogen (secondary N) is 2. The highest BCUT2D eigenvalue weighted by Gasteiger charge is 2.40. The van der Waals surface area contributed by atoms with Crippen molar-refractivity contribution in [1.29, 1.82) is 0 Å². The Labute approximate surface area is 148 Å². The number of aryl methyl sites for hydroxylation is 1. The number of carbonyl (C=O) groups excluding carboxylic acids is 2. The van der Waals surface area contributed by atoms with Crippen LogP contribution in [-0.4, -0.2) is 55.6 Å². The highest BCUT2D eigenvalue weighted by Crippen LogP contribution is 2.30. The molecule has 1 aromatic carbocycles. The molecule has 0 saturated carbocycles. The van der Waals surface area contributed by atoms with Gasteiger partial charge in [-0.2, -0.15) is 0 Å². The second kappa shape index (κ2) is 6.61. The van der Waals surface area contributed by atoms with E-state index in [0.717, 1.165) is 37.3 Å². The molecule has 0 unspecified atom stereocenters. The Kier molecular flexibility index (Phi) is 4.69. The van der Waals surface area contributed by atoms with E-state index in [9.17, 15) is 9.59 Å². The topological polar surface area (TPSA) is 64.7 Å². The minimum absolute atomic E-state index is 0. The van der Waals surface area contributed by atoms with Crippen molar-refractivity contribution in [1.82, 2.24) is 15.5 Å². The van der Waals surface area contributed by atoms with Gasteiger partial charge in [-0.05, 0) is 37.0 Å². The van der Waals surface area contributed by atoms with Gasteiger partial charge in [0.25, 0.3) is 5.91 Å². The highest BCUT2D eigenvalue weighted by atomic mass is 35.5. The number of fused-ring (bicyclic) bond motifs is 1. The summed E-state index contributed by atoms with van der Waals surface area (Å²) < 4.78 is 0. The molecule has 130 valence electrons. The molecule has 0 aromatic heterocycles. The Bertz CT molecular complexity index is 666. The molecule has 6 nitrogen and oxygen atoms in total. The largest absolute Gasteiger partial charge is 0.336 e. The molecule has 0 bridgehead atoms. The molecule has 0 spiro atoms. The lowest BCUT2D eigenvalue weighted by atomic mass is 10.0. The van der Waals surface area contributed by atoms with Gasteiger partial charge in [0.2, 0.25) is 0 Å². The number of anilines is 1. The van der Waals surface area contributed by atoms with Gasteiger partial charge in [-0.1, -0.05) is 6.07 Å². The molecule has 4 rings (SSSR count). The standard InChI is InChI=1S/C17H22N4O2.ClH/c1-11-2-3-12(8-14(11)21-7-5-19-17(21)23)16(22)20-6-4-13-9-18-10-15(13)20;/h2-3,8,13,15,18H,4-7,9-10H2,1H3,(H,19,23);1H/t13-,15+;/m0./s1. The lowest BCUT2D eigenvalue weighted by Gasteiger charge is -2.24. The van der Waals surface area contributed by atoms with Crippen LogP contribution in [0, 0.1) is 12.8 Å². The summed E-state index contributed by atoms with van der Waals surface area (Å²) in [4.78, 5) is 28.6. The predicted molar refractivity (Wildman–Crippen MR) is 95.0 cm³/mol. The summed E-state index contributed by atoms with van der Waals surface area (Å²) in [7, 11) is 0. The Hall–Kier alpha value is -1.79. The minimum Gasteiger partial charge on any atom is -0.336 e. The number of halogens is 1. The van der Waals surface area contributed by atoms with Gasteiger partial charge in [0.05, 0.1) is 0 Å². The van der Waals surface area contributed by atoms with Gasteiger partial charge in [0.1, 0.15) is 0 Å². The third-order valence-electron chi connectivity index (χ3n) is 5.31. The average molecular weight is 351 g/mol. The van der Waals surface area contributed by atoms with E-state index in [-0.39, 0.29) is 24.3 Å². The van der Waals surface area contributed by atoms with Crippen molar-refractivity contribution < 1.29 is 9.59 Å². The van der Waals surface area contributed by atoms with Gasteiger partial charge in [0, 0.05) is 50.0 Å². The zero-order valence-corrected chi connectivity index (χ0v) is 14.6. The first-order valence-corrected chi connectivity index (χ1v) is 8.33. The zero-order valence-electron chi connectivity index (χ0n) is 13.7. The molecule has 3 heterocycles. The summed E-state index contributed by atoms with van der Waals surface area (Å²) in [5.74, 6) is 0.676. The van der Waals surface area contributed by atoms with Crippen molar-refractivity contribution in [2.45, 2.75) is 19.4 Å². The van der Waals surface area contributed by atoms with Crippen LogP contribution >= 0.6 is 12.4 Å². The first-order valence-electron chi connectivity index (χ1n) is 8.33. The fraction of sp³-hybridized carbons (Fsp3) is 0.529. The first-order chi connectivity index (χ1) is 11.1. The van der Waals surface area contributed by atoms with Crippen molar-refractivity contribution in [3.05, 3.63) is 29.3 Å². The third-order valence-corrected chi connectivity index (χ3v) is 5.31. The third kappa shape index (κ3) is 2.74. The van der Waals surface area contributed by atoms with E-state index in [1.807, 2.05) is 30.0 Å². The van der Waals surface area contributed by atoms with Crippen LogP contribution in [0.4, 0.5) is 10.5 Å². The summed E-state index contributed by atoms with van der Waals surface area (Å²) >= 11 is 0. The molecule has 3 amide bonds. The molecule has 3 saturated heterocycles. The average Bonchev–Trinajstić information content (AvgIpc) is 3.23. The number of likely N-dealkylation sites (tertiary alicyclic amines) is 1. The van der Waals surface area contributed by atoms with E-state index in [1.54, 1.807) is 4.90 Å². The molecular formula is C17H23ClN4O2. The van der Waals surface area contributed by atoms with Gasteiger partial charge in [-0.3, -0.25) is 9.69 Å². The Morgan fingerprint density at radius 2 is 2.08 bits per heavy atom. The number of hydrogen-bond donors (Lipinski definition) is 2. The fourth-order valence-electron chi connectivity index (χ4n) is 4.00. The Balaban J connectivity index is 0.00000169. The lowest BCUT2D eigenvalue weighted by Crippen LogP contribution is -2.39. The number of carbonyl (C=O) groups is 2. The molecule has 2 atom stereocenters. The lowest BCUT2D eigenvalue weighted by molar-refractivity contribution is 0.0737. The van der Waals surface area contributed by atoms with E-state index in [4.69, 9.17) is 0 Å². The number of amides is 3. The maximum Gasteiger partial charge on any atom is 0.322 e. The second-order valence-corrected chi connectivity index (χ2v) is 6.66. The van der Waals surface area contributed by atoms with Crippen molar-refractivity contribution in [3.8, 4) is 0 Å². The van der Waals surface area contributed by atoms with Crippen LogP contribution in [0.1, 0.15) is 22.3 Å². The molecule has 3 fully saturated rings. The monoisotopic (exact) mass is 350 g/mol. The molecule has 2 N–H and O–H groups in total. The van der Waals surface area contributed by atoms with Crippen LogP contribution in [-0.2, 0) is 0 Å². The molecule has 7 heteroatoms. The quantitative estimate of drug-likeness (QED) is 0.847. The van der Waals surface area contributed by atoms with E-state index < -0.39 is 0 Å². The van der Waals surface area contributed by atoms with Crippen molar-refractivity contribution >= 4 is 30.0 Å².